The van der Waals surface area contributed by atoms with Crippen molar-refractivity contribution >= 4 is 46.2 Å². The normalized spacial score (nSPS) is 17.3. The van der Waals surface area contributed by atoms with Crippen LogP contribution in [0.4, 0.5) is 23.2 Å². The van der Waals surface area contributed by atoms with E-state index < -0.39 is 76.6 Å². The summed E-state index contributed by atoms with van der Waals surface area (Å²) < 4.78 is 61.9. The summed E-state index contributed by atoms with van der Waals surface area (Å²) in [4.78, 5) is 71.1. The lowest BCUT2D eigenvalue weighted by Crippen LogP contribution is -2.67. The first-order valence-electron chi connectivity index (χ1n) is 19.0. The molecule has 1 aliphatic carbocycles. The summed E-state index contributed by atoms with van der Waals surface area (Å²) in [7, 11) is 1.30. The number of aromatic amines is 1. The number of hydrogen-bond acceptors (Lipinski definition) is 6. The third-order valence-electron chi connectivity index (χ3n) is 11.0. The standard InChI is InChI=1S/C42H47F4N5O7/c1-6-22(3)34(37(53)47-25-15-16-32(58-5)27(20-25)39(55)56)50-40(57)41(18-17-31-28(21-41)26-12-10-13-29(36(26)48-31)42(44,45)46)51-38(54)35(23(4)7-2)49-33(52)19-24-11-8-9-14-30(24)43/h8-16,20,22-23,34-35,48H,6-7,17-19,21H2,1-5H3,(H,47,53)(H,49,52)(H,50,57)(H,51,54)(H,55,56)/t22?,23?,34?,35?,41-/m1/s1. The van der Waals surface area contributed by atoms with Gasteiger partial charge >= 0.3 is 12.1 Å². The molecule has 0 saturated heterocycles. The number of aryl methyl sites for hydroxylation is 1. The average Bonchev–Trinajstić information content (AvgIpc) is 3.56. The summed E-state index contributed by atoms with van der Waals surface area (Å²) in [6.45, 7) is 7.02. The minimum atomic E-state index is -4.69. The highest BCUT2D eigenvalue weighted by atomic mass is 19.4. The van der Waals surface area contributed by atoms with E-state index in [2.05, 4.69) is 26.3 Å². The van der Waals surface area contributed by atoms with Gasteiger partial charge in [0.2, 0.25) is 23.6 Å². The molecule has 3 aromatic carbocycles. The maximum Gasteiger partial charge on any atom is 0.418 e. The highest BCUT2D eigenvalue weighted by Gasteiger charge is 2.47. The molecule has 1 aromatic heterocycles. The van der Waals surface area contributed by atoms with Crippen molar-refractivity contribution in [2.24, 2.45) is 11.8 Å². The van der Waals surface area contributed by atoms with Crippen LogP contribution in [-0.2, 0) is 44.6 Å². The number of anilines is 1. The molecular formula is C42H47F4N5O7. The number of rotatable bonds is 15. The fourth-order valence-corrected chi connectivity index (χ4v) is 7.27. The molecule has 16 heteroatoms. The topological polar surface area (TPSA) is 179 Å². The molecule has 0 spiro atoms. The Hall–Kier alpha value is -5.93. The molecule has 0 bridgehead atoms. The minimum absolute atomic E-state index is 0.0344. The van der Waals surface area contributed by atoms with Crippen LogP contribution in [0.15, 0.2) is 60.7 Å². The number of carboxylic acid groups (broad SMARTS) is 1. The van der Waals surface area contributed by atoms with E-state index in [4.69, 9.17) is 4.74 Å². The fraction of sp³-hybridized carbons (Fsp3) is 0.405. The zero-order valence-electron chi connectivity index (χ0n) is 32.7. The number of carbonyl (C=O) groups is 5. The van der Waals surface area contributed by atoms with Gasteiger partial charge in [-0.2, -0.15) is 13.2 Å². The first-order valence-corrected chi connectivity index (χ1v) is 19.0. The van der Waals surface area contributed by atoms with Crippen molar-refractivity contribution in [1.29, 1.82) is 0 Å². The lowest BCUT2D eigenvalue weighted by atomic mass is 9.78. The van der Waals surface area contributed by atoms with Gasteiger partial charge in [-0.1, -0.05) is 70.9 Å². The largest absolute Gasteiger partial charge is 0.496 e. The number of fused-ring (bicyclic) bond motifs is 3. The van der Waals surface area contributed by atoms with Gasteiger partial charge in [-0.15, -0.1) is 0 Å². The Morgan fingerprint density at radius 3 is 2.21 bits per heavy atom. The molecule has 310 valence electrons. The molecule has 5 atom stereocenters. The molecule has 0 aliphatic heterocycles. The quantitative estimate of drug-likeness (QED) is 0.0761. The molecule has 0 fully saturated rings. The van der Waals surface area contributed by atoms with Gasteiger partial charge in [0, 0.05) is 23.2 Å². The summed E-state index contributed by atoms with van der Waals surface area (Å²) in [5.74, 6) is -5.71. The zero-order valence-corrected chi connectivity index (χ0v) is 32.7. The lowest BCUT2D eigenvalue weighted by molar-refractivity contribution is -0.138. The number of aromatic carboxylic acids is 1. The Bertz CT molecular complexity index is 2210. The average molecular weight is 810 g/mol. The molecular weight excluding hydrogens is 762 g/mol. The Morgan fingerprint density at radius 1 is 0.914 bits per heavy atom. The predicted octanol–water partition coefficient (Wildman–Crippen LogP) is 6.32. The Labute approximate surface area is 332 Å². The van der Waals surface area contributed by atoms with Crippen molar-refractivity contribution in [2.75, 3.05) is 12.4 Å². The van der Waals surface area contributed by atoms with Gasteiger partial charge in [-0.3, -0.25) is 19.2 Å². The van der Waals surface area contributed by atoms with Gasteiger partial charge < -0.3 is 36.1 Å². The van der Waals surface area contributed by atoms with Crippen molar-refractivity contribution in [3.8, 4) is 5.75 Å². The van der Waals surface area contributed by atoms with Crippen LogP contribution in [0.5, 0.6) is 5.75 Å². The summed E-state index contributed by atoms with van der Waals surface area (Å²) in [5.41, 5.74) is -2.08. The van der Waals surface area contributed by atoms with E-state index in [1.54, 1.807) is 33.8 Å². The summed E-state index contributed by atoms with van der Waals surface area (Å²) in [5, 5.41) is 20.9. The Kier molecular flexibility index (Phi) is 13.2. The number of benzene rings is 3. The zero-order chi connectivity index (χ0) is 42.5. The van der Waals surface area contributed by atoms with Gasteiger partial charge in [-0.05, 0) is 66.1 Å². The van der Waals surface area contributed by atoms with E-state index in [-0.39, 0.29) is 59.2 Å². The molecule has 1 aliphatic rings. The summed E-state index contributed by atoms with van der Waals surface area (Å²) >= 11 is 0. The predicted molar refractivity (Wildman–Crippen MR) is 208 cm³/mol. The Balaban J connectivity index is 1.52. The number of halogens is 4. The lowest BCUT2D eigenvalue weighted by Gasteiger charge is -2.39. The molecule has 0 radical (unpaired) electrons. The molecule has 4 aromatic rings. The maximum absolute atomic E-state index is 14.8. The number of nitrogens with one attached hydrogen (secondary N) is 5. The second-order valence-electron chi connectivity index (χ2n) is 14.8. The first kappa shape index (κ1) is 43.2. The van der Waals surface area contributed by atoms with E-state index >= 15 is 0 Å². The van der Waals surface area contributed by atoms with Crippen molar-refractivity contribution in [3.63, 3.8) is 0 Å². The molecule has 4 amide bonds. The third-order valence-corrected chi connectivity index (χ3v) is 11.0. The van der Waals surface area contributed by atoms with Crippen LogP contribution < -0.4 is 26.0 Å². The van der Waals surface area contributed by atoms with Crippen LogP contribution in [0.2, 0.25) is 0 Å². The number of H-pyrrole nitrogens is 1. The monoisotopic (exact) mass is 809 g/mol. The van der Waals surface area contributed by atoms with E-state index in [1.165, 1.54) is 55.6 Å². The number of ether oxygens (including phenoxy) is 1. The number of methoxy groups -OCH3 is 1. The highest BCUT2D eigenvalue weighted by Crippen LogP contribution is 2.40. The smallest absolute Gasteiger partial charge is 0.418 e. The van der Waals surface area contributed by atoms with Gasteiger partial charge in [0.25, 0.3) is 0 Å². The van der Waals surface area contributed by atoms with Gasteiger partial charge in [0.1, 0.15) is 34.8 Å². The van der Waals surface area contributed by atoms with Crippen molar-refractivity contribution in [2.45, 2.75) is 90.0 Å². The fourth-order valence-electron chi connectivity index (χ4n) is 7.27. The second kappa shape index (κ2) is 17.7. The van der Waals surface area contributed by atoms with Crippen molar-refractivity contribution in [1.82, 2.24) is 20.9 Å². The molecule has 12 nitrogen and oxygen atoms in total. The van der Waals surface area contributed by atoms with Gasteiger partial charge in [0.15, 0.2) is 0 Å². The van der Waals surface area contributed by atoms with Crippen molar-refractivity contribution in [3.05, 3.63) is 94.4 Å². The highest BCUT2D eigenvalue weighted by molar-refractivity contribution is 6.02. The first-order chi connectivity index (χ1) is 27.4. The summed E-state index contributed by atoms with van der Waals surface area (Å²) in [6, 6.07) is 11.0. The van der Waals surface area contributed by atoms with Crippen LogP contribution in [0.3, 0.4) is 0 Å². The molecule has 5 rings (SSSR count). The van der Waals surface area contributed by atoms with Crippen LogP contribution in [0.1, 0.15) is 79.7 Å². The summed E-state index contributed by atoms with van der Waals surface area (Å²) in [6.07, 6.45) is -4.58. The van der Waals surface area contributed by atoms with E-state index in [9.17, 15) is 46.6 Å². The minimum Gasteiger partial charge on any atom is -0.496 e. The SMILES string of the molecule is CCC(C)C(NC(=O)Cc1ccccc1F)C(=O)N[C@]1(C(=O)NC(C(=O)Nc2ccc(OC)c(C(=O)O)c2)C(C)CC)CCc2[nH]c3c(C(F)(F)F)cccc3c2C1. The van der Waals surface area contributed by atoms with Gasteiger partial charge in [-0.25, -0.2) is 9.18 Å². The molecule has 58 heavy (non-hydrogen) atoms. The Morgan fingerprint density at radius 2 is 1.59 bits per heavy atom. The number of alkyl halides is 3. The number of aromatic nitrogens is 1. The number of carboxylic acids is 1. The number of amides is 4. The van der Waals surface area contributed by atoms with E-state index in [0.717, 1.165) is 6.07 Å². The van der Waals surface area contributed by atoms with E-state index in [1.807, 2.05) is 0 Å². The molecule has 4 unspecified atom stereocenters. The van der Waals surface area contributed by atoms with E-state index in [0.29, 0.717) is 24.1 Å². The number of hydrogen-bond donors (Lipinski definition) is 6. The number of carbonyl (C=O) groups excluding carboxylic acids is 4. The molecule has 0 saturated carbocycles. The van der Waals surface area contributed by atoms with Crippen LogP contribution in [0.25, 0.3) is 10.9 Å². The third kappa shape index (κ3) is 9.27. The van der Waals surface area contributed by atoms with Crippen LogP contribution >= 0.6 is 0 Å². The maximum atomic E-state index is 14.8. The van der Waals surface area contributed by atoms with Gasteiger partial charge in [0.05, 0.1) is 24.6 Å². The number of para-hydroxylation sites is 1. The van der Waals surface area contributed by atoms with Crippen molar-refractivity contribution < 1.29 is 51.4 Å². The molecule has 1 heterocycles. The van der Waals surface area contributed by atoms with Crippen LogP contribution in [-0.4, -0.2) is 64.4 Å². The second-order valence-corrected chi connectivity index (χ2v) is 14.8. The molecule has 6 N–H and O–H groups in total. The van der Waals surface area contributed by atoms with Crippen LogP contribution in [0, 0.1) is 17.7 Å².